The third-order valence-corrected chi connectivity index (χ3v) is 4.67. The average Bonchev–Trinajstić information content (AvgIpc) is 2.83. The number of hydrogen-bond donors (Lipinski definition) is 1. The van der Waals surface area contributed by atoms with Gasteiger partial charge in [-0.05, 0) is 60.5 Å². The molecule has 7 heteroatoms. The van der Waals surface area contributed by atoms with E-state index in [1.165, 1.54) is 6.08 Å². The summed E-state index contributed by atoms with van der Waals surface area (Å²) in [5.74, 6) is 0.186. The first kappa shape index (κ1) is 23.9. The van der Waals surface area contributed by atoms with Crippen molar-refractivity contribution >= 4 is 35.2 Å². The van der Waals surface area contributed by atoms with Crippen molar-refractivity contribution in [2.75, 3.05) is 18.5 Å². The molecule has 0 radical (unpaired) electrons. The summed E-state index contributed by atoms with van der Waals surface area (Å²) in [6.07, 6.45) is 2.87. The van der Waals surface area contributed by atoms with Crippen molar-refractivity contribution in [2.45, 2.75) is 13.5 Å². The van der Waals surface area contributed by atoms with Gasteiger partial charge in [-0.15, -0.1) is 0 Å². The number of anilines is 1. The lowest BCUT2D eigenvalue weighted by Gasteiger charge is -2.11. The third-order valence-electron chi connectivity index (χ3n) is 4.42. The molecule has 0 heterocycles. The highest BCUT2D eigenvalue weighted by Gasteiger charge is 2.09. The van der Waals surface area contributed by atoms with Gasteiger partial charge < -0.3 is 19.5 Å². The zero-order valence-electron chi connectivity index (χ0n) is 18.1. The second-order valence-electron chi connectivity index (χ2n) is 6.90. The molecular weight excluding hydrogens is 442 g/mol. The molecule has 0 atom stereocenters. The van der Waals surface area contributed by atoms with Gasteiger partial charge in [0.25, 0.3) is 5.91 Å². The number of rotatable bonds is 10. The van der Waals surface area contributed by atoms with E-state index in [9.17, 15) is 9.59 Å². The van der Waals surface area contributed by atoms with Crippen LogP contribution in [0, 0.1) is 0 Å². The fourth-order valence-corrected chi connectivity index (χ4v) is 2.94. The molecule has 1 N–H and O–H groups in total. The molecule has 0 saturated heterocycles. The van der Waals surface area contributed by atoms with E-state index in [2.05, 4.69) is 5.32 Å². The van der Waals surface area contributed by atoms with E-state index in [-0.39, 0.29) is 0 Å². The molecule has 0 aliphatic carbocycles. The van der Waals surface area contributed by atoms with Crippen molar-refractivity contribution in [3.05, 3.63) is 95.0 Å². The van der Waals surface area contributed by atoms with E-state index >= 15 is 0 Å². The van der Waals surface area contributed by atoms with Crippen LogP contribution in [0.1, 0.15) is 18.1 Å². The van der Waals surface area contributed by atoms with Crippen LogP contribution in [0.25, 0.3) is 6.08 Å². The standard InChI is InChI=1S/C26H24ClNO5/c1-2-31-24-6-4-3-5-23(24)28-25(29)18-33-26(30)16-11-19-9-14-22(15-10-19)32-17-20-7-12-21(27)13-8-20/h3-16H,2,17-18H2,1H3,(H,28,29). The van der Waals surface area contributed by atoms with E-state index in [4.69, 9.17) is 25.8 Å². The Balaban J connectivity index is 1.43. The minimum atomic E-state index is -0.619. The van der Waals surface area contributed by atoms with E-state index in [1.54, 1.807) is 24.3 Å². The van der Waals surface area contributed by atoms with Crippen LogP contribution in [-0.2, 0) is 20.9 Å². The van der Waals surface area contributed by atoms with E-state index < -0.39 is 18.5 Å². The molecule has 3 aromatic carbocycles. The number of carbonyl (C=O) groups is 2. The molecule has 0 aliphatic rings. The van der Waals surface area contributed by atoms with Crippen molar-refractivity contribution in [1.29, 1.82) is 0 Å². The number of ether oxygens (including phenoxy) is 3. The van der Waals surface area contributed by atoms with Crippen molar-refractivity contribution in [1.82, 2.24) is 0 Å². The van der Waals surface area contributed by atoms with Gasteiger partial charge in [-0.3, -0.25) is 4.79 Å². The van der Waals surface area contributed by atoms with Crippen LogP contribution < -0.4 is 14.8 Å². The van der Waals surface area contributed by atoms with Crippen LogP contribution in [0.4, 0.5) is 5.69 Å². The maximum atomic E-state index is 12.1. The van der Waals surface area contributed by atoms with Crippen LogP contribution in [0.5, 0.6) is 11.5 Å². The molecule has 0 aliphatic heterocycles. The summed E-state index contributed by atoms with van der Waals surface area (Å²) in [5.41, 5.74) is 2.33. The summed E-state index contributed by atoms with van der Waals surface area (Å²) in [5, 5.41) is 3.35. The first-order valence-corrected chi connectivity index (χ1v) is 10.7. The van der Waals surface area contributed by atoms with Crippen molar-refractivity contribution in [3.63, 3.8) is 0 Å². The minimum absolute atomic E-state index is 0.402. The number of carbonyl (C=O) groups excluding carboxylic acids is 2. The molecule has 1 amide bonds. The highest BCUT2D eigenvalue weighted by atomic mass is 35.5. The lowest BCUT2D eigenvalue weighted by atomic mass is 10.2. The highest BCUT2D eigenvalue weighted by molar-refractivity contribution is 6.30. The van der Waals surface area contributed by atoms with Crippen LogP contribution in [0.3, 0.4) is 0 Å². The molecule has 0 saturated carbocycles. The van der Waals surface area contributed by atoms with E-state index in [0.717, 1.165) is 11.1 Å². The third kappa shape index (κ3) is 8.01. The van der Waals surface area contributed by atoms with Gasteiger partial charge >= 0.3 is 5.97 Å². The lowest BCUT2D eigenvalue weighted by molar-refractivity contribution is -0.142. The molecule has 0 bridgehead atoms. The molecule has 170 valence electrons. The average molecular weight is 466 g/mol. The SMILES string of the molecule is CCOc1ccccc1NC(=O)COC(=O)C=Cc1ccc(OCc2ccc(Cl)cc2)cc1. The zero-order valence-corrected chi connectivity index (χ0v) is 18.9. The summed E-state index contributed by atoms with van der Waals surface area (Å²) in [7, 11) is 0. The second-order valence-corrected chi connectivity index (χ2v) is 7.34. The predicted molar refractivity (Wildman–Crippen MR) is 128 cm³/mol. The molecule has 0 aromatic heterocycles. The van der Waals surface area contributed by atoms with Crippen LogP contribution in [-0.4, -0.2) is 25.1 Å². The number of halogens is 1. The number of hydrogen-bond acceptors (Lipinski definition) is 5. The van der Waals surface area contributed by atoms with Gasteiger partial charge in [0.2, 0.25) is 0 Å². The molecule has 3 aromatic rings. The fourth-order valence-electron chi connectivity index (χ4n) is 2.81. The summed E-state index contributed by atoms with van der Waals surface area (Å²) in [4.78, 5) is 24.0. The topological polar surface area (TPSA) is 73.9 Å². The molecule has 0 spiro atoms. The van der Waals surface area contributed by atoms with Gasteiger partial charge in [0, 0.05) is 11.1 Å². The molecule has 33 heavy (non-hydrogen) atoms. The normalized spacial score (nSPS) is 10.6. The first-order chi connectivity index (χ1) is 16.0. The number of nitrogens with one attached hydrogen (secondary N) is 1. The maximum Gasteiger partial charge on any atom is 0.331 e. The number of esters is 1. The minimum Gasteiger partial charge on any atom is -0.492 e. The zero-order chi connectivity index (χ0) is 23.5. The molecule has 3 rings (SSSR count). The Morgan fingerprint density at radius 1 is 0.939 bits per heavy atom. The Labute approximate surface area is 197 Å². The highest BCUT2D eigenvalue weighted by Crippen LogP contribution is 2.23. The van der Waals surface area contributed by atoms with Gasteiger partial charge in [-0.25, -0.2) is 4.79 Å². The second kappa shape index (κ2) is 12.3. The summed E-state index contributed by atoms with van der Waals surface area (Å²) in [6.45, 7) is 2.35. The summed E-state index contributed by atoms with van der Waals surface area (Å²) in [6, 6.07) is 21.8. The predicted octanol–water partition coefficient (Wildman–Crippen LogP) is 5.51. The summed E-state index contributed by atoms with van der Waals surface area (Å²) >= 11 is 5.88. The van der Waals surface area contributed by atoms with Gasteiger partial charge in [0.15, 0.2) is 6.61 Å². The summed E-state index contributed by atoms with van der Waals surface area (Å²) < 4.78 is 16.2. The van der Waals surface area contributed by atoms with Crippen molar-refractivity contribution in [2.24, 2.45) is 0 Å². The Morgan fingerprint density at radius 3 is 2.39 bits per heavy atom. The monoisotopic (exact) mass is 465 g/mol. The van der Waals surface area contributed by atoms with Gasteiger partial charge in [-0.1, -0.05) is 48.0 Å². The van der Waals surface area contributed by atoms with Crippen LogP contribution >= 0.6 is 11.6 Å². The van der Waals surface area contributed by atoms with Crippen molar-refractivity contribution in [3.8, 4) is 11.5 Å². The Hall–Kier alpha value is -3.77. The first-order valence-electron chi connectivity index (χ1n) is 10.4. The van der Waals surface area contributed by atoms with Gasteiger partial charge in [0.05, 0.1) is 12.3 Å². The van der Waals surface area contributed by atoms with Crippen LogP contribution in [0.2, 0.25) is 5.02 Å². The van der Waals surface area contributed by atoms with Crippen molar-refractivity contribution < 1.29 is 23.8 Å². The largest absolute Gasteiger partial charge is 0.492 e. The number of benzene rings is 3. The molecule has 0 fully saturated rings. The molecule has 6 nitrogen and oxygen atoms in total. The smallest absolute Gasteiger partial charge is 0.331 e. The maximum absolute atomic E-state index is 12.1. The Kier molecular flexibility index (Phi) is 8.91. The Bertz CT molecular complexity index is 1090. The van der Waals surface area contributed by atoms with E-state index in [1.807, 2.05) is 61.5 Å². The van der Waals surface area contributed by atoms with Gasteiger partial charge in [0.1, 0.15) is 18.1 Å². The molecular formula is C26H24ClNO5. The fraction of sp³-hybridized carbons (Fsp3) is 0.154. The van der Waals surface area contributed by atoms with Gasteiger partial charge in [-0.2, -0.15) is 0 Å². The van der Waals surface area contributed by atoms with Crippen LogP contribution in [0.15, 0.2) is 78.9 Å². The number of para-hydroxylation sites is 2. The quantitative estimate of drug-likeness (QED) is 0.315. The Morgan fingerprint density at radius 2 is 1.67 bits per heavy atom. The van der Waals surface area contributed by atoms with E-state index in [0.29, 0.717) is 35.4 Å². The lowest BCUT2D eigenvalue weighted by Crippen LogP contribution is -2.20. The molecule has 0 unspecified atom stereocenters. The number of amides is 1.